The van der Waals surface area contributed by atoms with Crippen LogP contribution < -0.4 is 5.32 Å². The van der Waals surface area contributed by atoms with Gasteiger partial charge in [0.25, 0.3) is 11.8 Å². The lowest BCUT2D eigenvalue weighted by atomic mass is 10.1. The minimum Gasteiger partial charge on any atom is -0.457 e. The van der Waals surface area contributed by atoms with Gasteiger partial charge in [0.05, 0.1) is 23.2 Å². The first-order valence-corrected chi connectivity index (χ1v) is 9.01. The Morgan fingerprint density at radius 2 is 2.04 bits per heavy atom. The highest BCUT2D eigenvalue weighted by molar-refractivity contribution is 7.80. The topological polar surface area (TPSA) is 71.8 Å². The predicted molar refractivity (Wildman–Crippen MR) is 106 cm³/mol. The molecule has 1 aromatic heterocycles. The van der Waals surface area contributed by atoms with E-state index in [4.69, 9.17) is 44.6 Å². The number of carbonyl (C=O) groups excluding carboxylic acids is 2. The number of hydrogen-bond acceptors (Lipinski definition) is 5. The molecule has 27 heavy (non-hydrogen) atoms. The van der Waals surface area contributed by atoms with Gasteiger partial charge in [-0.1, -0.05) is 29.3 Å². The molecule has 3 rings (SSSR count). The van der Waals surface area contributed by atoms with E-state index in [1.54, 1.807) is 30.3 Å². The first-order valence-electron chi connectivity index (χ1n) is 7.84. The van der Waals surface area contributed by atoms with Gasteiger partial charge >= 0.3 is 0 Å². The molecular formula is C18H14Cl2N2O4S. The monoisotopic (exact) mass is 424 g/mol. The fourth-order valence-corrected chi connectivity index (χ4v) is 3.15. The molecule has 6 nitrogen and oxygen atoms in total. The zero-order valence-electron chi connectivity index (χ0n) is 14.1. The number of amides is 2. The van der Waals surface area contributed by atoms with Crippen LogP contribution in [0.3, 0.4) is 0 Å². The lowest BCUT2D eigenvalue weighted by molar-refractivity contribution is -0.129. The molecule has 1 aromatic carbocycles. The summed E-state index contributed by atoms with van der Waals surface area (Å²) in [5, 5.41) is 3.29. The number of carbonyl (C=O) groups is 2. The van der Waals surface area contributed by atoms with E-state index in [0.29, 0.717) is 27.1 Å². The van der Waals surface area contributed by atoms with Crippen molar-refractivity contribution in [2.24, 2.45) is 0 Å². The number of rotatable bonds is 5. The van der Waals surface area contributed by atoms with Gasteiger partial charge in [-0.2, -0.15) is 0 Å². The smallest absolute Gasteiger partial charge is 0.265 e. The maximum atomic E-state index is 12.6. The zero-order valence-corrected chi connectivity index (χ0v) is 16.5. The largest absolute Gasteiger partial charge is 0.457 e. The van der Waals surface area contributed by atoms with Gasteiger partial charge in [0.15, 0.2) is 5.11 Å². The van der Waals surface area contributed by atoms with Gasteiger partial charge in [0.2, 0.25) is 0 Å². The van der Waals surface area contributed by atoms with Gasteiger partial charge in [-0.05, 0) is 42.6 Å². The number of methoxy groups -OCH3 is 1. The zero-order chi connectivity index (χ0) is 19.6. The summed E-state index contributed by atoms with van der Waals surface area (Å²) in [6.45, 7) is 0.514. The van der Waals surface area contributed by atoms with Crippen molar-refractivity contribution in [3.8, 4) is 11.3 Å². The van der Waals surface area contributed by atoms with E-state index in [9.17, 15) is 9.59 Å². The number of thiocarbonyl (C=S) groups is 1. The van der Waals surface area contributed by atoms with E-state index >= 15 is 0 Å². The van der Waals surface area contributed by atoms with Crippen LogP contribution in [-0.4, -0.2) is 42.1 Å². The standard InChI is InChI=1S/C18H14Cl2N2O4S/c1-25-8-7-22-17(24)12(16(23)21-18(22)27)9-10-5-6-14(26-10)11-3-2-4-13(19)15(11)20/h2-6,9H,7-8H2,1H3,(H,21,23,27). The van der Waals surface area contributed by atoms with Crippen molar-refractivity contribution in [1.82, 2.24) is 10.2 Å². The summed E-state index contributed by atoms with van der Waals surface area (Å²) < 4.78 is 10.7. The van der Waals surface area contributed by atoms with Crippen LogP contribution in [0.15, 0.2) is 40.3 Å². The summed E-state index contributed by atoms with van der Waals surface area (Å²) >= 11 is 17.3. The van der Waals surface area contributed by atoms with E-state index in [-0.39, 0.29) is 23.8 Å². The Labute approximate surface area is 170 Å². The molecule has 0 unspecified atom stereocenters. The number of ether oxygens (including phenoxy) is 1. The number of halogens is 2. The van der Waals surface area contributed by atoms with Gasteiger partial charge in [-0.15, -0.1) is 0 Å². The molecule has 1 aliphatic rings. The van der Waals surface area contributed by atoms with Gasteiger partial charge in [-0.3, -0.25) is 19.8 Å². The molecule has 0 spiro atoms. The maximum Gasteiger partial charge on any atom is 0.265 e. The number of benzene rings is 1. The normalized spacial score (nSPS) is 16.2. The molecule has 0 aliphatic carbocycles. The van der Waals surface area contributed by atoms with Gasteiger partial charge < -0.3 is 9.15 Å². The van der Waals surface area contributed by atoms with Crippen LogP contribution in [0.1, 0.15) is 5.76 Å². The summed E-state index contributed by atoms with van der Waals surface area (Å²) in [5.41, 5.74) is 0.522. The third-order valence-electron chi connectivity index (χ3n) is 3.84. The van der Waals surface area contributed by atoms with Crippen LogP contribution >= 0.6 is 35.4 Å². The minimum absolute atomic E-state index is 0.0463. The molecule has 2 amide bonds. The van der Waals surface area contributed by atoms with E-state index in [1.165, 1.54) is 18.1 Å². The van der Waals surface area contributed by atoms with Crippen molar-refractivity contribution >= 4 is 58.4 Å². The highest BCUT2D eigenvalue weighted by Gasteiger charge is 2.33. The van der Waals surface area contributed by atoms with E-state index in [1.807, 2.05) is 0 Å². The average Bonchev–Trinajstić information content (AvgIpc) is 3.09. The van der Waals surface area contributed by atoms with Crippen molar-refractivity contribution in [2.45, 2.75) is 0 Å². The molecule has 0 atom stereocenters. The fourth-order valence-electron chi connectivity index (χ4n) is 2.49. The molecule has 2 aromatic rings. The third kappa shape index (κ3) is 4.06. The molecule has 140 valence electrons. The third-order valence-corrected chi connectivity index (χ3v) is 4.98. The summed E-state index contributed by atoms with van der Waals surface area (Å²) in [5.74, 6) is -0.319. The van der Waals surface area contributed by atoms with Crippen molar-refractivity contribution in [3.05, 3.63) is 51.7 Å². The fraction of sp³-hybridized carbons (Fsp3) is 0.167. The first-order chi connectivity index (χ1) is 12.9. The van der Waals surface area contributed by atoms with Gasteiger partial charge in [0.1, 0.15) is 17.1 Å². The van der Waals surface area contributed by atoms with E-state index < -0.39 is 11.8 Å². The minimum atomic E-state index is -0.586. The van der Waals surface area contributed by atoms with Crippen molar-refractivity contribution in [3.63, 3.8) is 0 Å². The maximum absolute atomic E-state index is 12.6. The highest BCUT2D eigenvalue weighted by Crippen LogP contribution is 2.34. The first kappa shape index (κ1) is 19.6. The second-order valence-electron chi connectivity index (χ2n) is 5.57. The van der Waals surface area contributed by atoms with Crippen molar-refractivity contribution in [2.75, 3.05) is 20.3 Å². The van der Waals surface area contributed by atoms with Crippen LogP contribution in [0.25, 0.3) is 17.4 Å². The number of nitrogens with zero attached hydrogens (tertiary/aromatic N) is 1. The Morgan fingerprint density at radius 1 is 1.26 bits per heavy atom. The molecule has 1 aliphatic heterocycles. The molecule has 9 heteroatoms. The Morgan fingerprint density at radius 3 is 2.78 bits per heavy atom. The lowest BCUT2D eigenvalue weighted by Gasteiger charge is -2.28. The molecule has 0 bridgehead atoms. The van der Waals surface area contributed by atoms with E-state index in [2.05, 4.69) is 5.32 Å². The number of nitrogens with one attached hydrogen (secondary N) is 1. The Bertz CT molecular complexity index is 955. The van der Waals surface area contributed by atoms with Crippen LogP contribution in [0, 0.1) is 0 Å². The Kier molecular flexibility index (Phi) is 5.96. The predicted octanol–water partition coefficient (Wildman–Crippen LogP) is 3.53. The molecule has 2 heterocycles. The van der Waals surface area contributed by atoms with Crippen LogP contribution in [0.5, 0.6) is 0 Å². The Balaban J connectivity index is 1.91. The Hall–Kier alpha value is -2.19. The van der Waals surface area contributed by atoms with Crippen LogP contribution in [-0.2, 0) is 14.3 Å². The molecule has 1 fully saturated rings. The molecule has 0 saturated carbocycles. The van der Waals surface area contributed by atoms with Crippen LogP contribution in [0.2, 0.25) is 10.0 Å². The molecule has 0 radical (unpaired) electrons. The number of furan rings is 1. The summed E-state index contributed by atoms with van der Waals surface area (Å²) in [6.07, 6.45) is 1.36. The van der Waals surface area contributed by atoms with Gasteiger partial charge in [0, 0.05) is 12.7 Å². The van der Waals surface area contributed by atoms with Crippen molar-refractivity contribution in [1.29, 1.82) is 0 Å². The summed E-state index contributed by atoms with van der Waals surface area (Å²) in [6, 6.07) is 8.49. The second kappa shape index (κ2) is 8.22. The molecule has 1 N–H and O–H groups in total. The van der Waals surface area contributed by atoms with Crippen LogP contribution in [0.4, 0.5) is 0 Å². The van der Waals surface area contributed by atoms with E-state index in [0.717, 1.165) is 0 Å². The second-order valence-corrected chi connectivity index (χ2v) is 6.74. The lowest BCUT2D eigenvalue weighted by Crippen LogP contribution is -2.54. The molecule has 1 saturated heterocycles. The summed E-state index contributed by atoms with van der Waals surface area (Å²) in [4.78, 5) is 26.1. The quantitative estimate of drug-likeness (QED) is 0.451. The molecular weight excluding hydrogens is 411 g/mol. The SMILES string of the molecule is COCCN1C(=O)C(=Cc2ccc(-c3cccc(Cl)c3Cl)o2)C(=O)NC1=S. The van der Waals surface area contributed by atoms with Crippen molar-refractivity contribution < 1.29 is 18.7 Å². The number of hydrogen-bond donors (Lipinski definition) is 1. The van der Waals surface area contributed by atoms with Gasteiger partial charge in [-0.25, -0.2) is 0 Å². The summed E-state index contributed by atoms with van der Waals surface area (Å²) in [7, 11) is 1.51. The highest BCUT2D eigenvalue weighted by atomic mass is 35.5. The average molecular weight is 425 g/mol.